The minimum atomic E-state index is -0.230. The number of benzene rings is 2. The second-order valence-electron chi connectivity index (χ2n) is 12.4. The number of hydrogen-bond donors (Lipinski definition) is 0. The quantitative estimate of drug-likeness (QED) is 0.349. The van der Waals surface area contributed by atoms with Crippen molar-refractivity contribution in [2.24, 2.45) is 47.3 Å². The highest BCUT2D eigenvalue weighted by Crippen LogP contribution is 2.54. The maximum atomic E-state index is 13.2. The van der Waals surface area contributed by atoms with E-state index in [1.54, 1.807) is 30.5 Å². The maximum Gasteiger partial charge on any atom is 0.238 e. The van der Waals surface area contributed by atoms with E-state index in [1.165, 1.54) is 9.80 Å². The molecule has 8 atom stereocenters. The van der Waals surface area contributed by atoms with Crippen molar-refractivity contribution < 1.29 is 19.2 Å². The maximum absolute atomic E-state index is 13.2. The summed E-state index contributed by atoms with van der Waals surface area (Å²) < 4.78 is 0. The molecule has 0 unspecified atom stereocenters. The molecule has 2 aliphatic heterocycles. The number of anilines is 2. The molecule has 4 bridgehead atoms. The number of aromatic nitrogens is 2. The number of nitrogens with zero attached hydrogens (tertiary/aromatic N) is 4. The lowest BCUT2D eigenvalue weighted by molar-refractivity contribution is -0.124. The van der Waals surface area contributed by atoms with Crippen LogP contribution in [0.1, 0.15) is 12.8 Å². The van der Waals surface area contributed by atoms with Crippen LogP contribution in [0.3, 0.4) is 0 Å². The highest BCUT2D eigenvalue weighted by atomic mass is 16.2. The Morgan fingerprint density at radius 3 is 1.36 bits per heavy atom. The van der Waals surface area contributed by atoms with Crippen molar-refractivity contribution in [3.05, 3.63) is 85.1 Å². The summed E-state index contributed by atoms with van der Waals surface area (Å²) in [5.41, 5.74) is 3.47. The molecule has 0 N–H and O–H groups in total. The van der Waals surface area contributed by atoms with Crippen LogP contribution in [-0.4, -0.2) is 33.6 Å². The minimum Gasteiger partial charge on any atom is -0.274 e. The first-order valence-electron chi connectivity index (χ1n) is 14.6. The van der Waals surface area contributed by atoms with Gasteiger partial charge < -0.3 is 0 Å². The van der Waals surface area contributed by atoms with Gasteiger partial charge in [0.15, 0.2) is 5.82 Å². The summed E-state index contributed by atoms with van der Waals surface area (Å²) >= 11 is 0. The van der Waals surface area contributed by atoms with Crippen LogP contribution in [0.15, 0.2) is 85.1 Å². The van der Waals surface area contributed by atoms with E-state index in [0.29, 0.717) is 22.9 Å². The summed E-state index contributed by atoms with van der Waals surface area (Å²) in [5.74, 6) is -0.0616. The van der Waals surface area contributed by atoms with Gasteiger partial charge in [-0.25, -0.2) is 9.97 Å². The normalized spacial score (nSPS) is 33.4. The first-order valence-corrected chi connectivity index (χ1v) is 14.6. The monoisotopic (exact) mass is 554 g/mol. The Bertz CT molecular complexity index is 1590. The van der Waals surface area contributed by atoms with Gasteiger partial charge in [-0.1, -0.05) is 36.4 Å². The molecule has 2 aromatic carbocycles. The van der Waals surface area contributed by atoms with Crippen molar-refractivity contribution in [1.82, 2.24) is 9.97 Å². The Labute approximate surface area is 241 Å². The van der Waals surface area contributed by atoms with E-state index in [4.69, 9.17) is 4.98 Å². The molecule has 4 amide bonds. The van der Waals surface area contributed by atoms with E-state index in [9.17, 15) is 19.2 Å². The lowest BCUT2D eigenvalue weighted by Crippen LogP contribution is -2.32. The molecule has 3 aromatic rings. The third kappa shape index (κ3) is 3.12. The molecule has 4 aliphatic carbocycles. The predicted octanol–water partition coefficient (Wildman–Crippen LogP) is 4.43. The average Bonchev–Trinajstić information content (AvgIpc) is 3.87. The van der Waals surface area contributed by atoms with Gasteiger partial charge in [-0.15, -0.1) is 0 Å². The first kappa shape index (κ1) is 23.9. The Balaban J connectivity index is 0.948. The second-order valence-corrected chi connectivity index (χ2v) is 12.4. The van der Waals surface area contributed by atoms with Gasteiger partial charge in [0.25, 0.3) is 0 Å². The lowest BCUT2D eigenvalue weighted by atomic mass is 9.85. The molecule has 42 heavy (non-hydrogen) atoms. The van der Waals surface area contributed by atoms with Gasteiger partial charge in [-0.05, 0) is 79.0 Å². The molecular weight excluding hydrogens is 528 g/mol. The zero-order valence-corrected chi connectivity index (χ0v) is 22.5. The molecule has 4 fully saturated rings. The average molecular weight is 555 g/mol. The van der Waals surface area contributed by atoms with Gasteiger partial charge in [0.2, 0.25) is 23.6 Å². The number of carbonyl (C=O) groups excluding carboxylic acids is 4. The van der Waals surface area contributed by atoms with Crippen molar-refractivity contribution in [3.8, 4) is 22.6 Å². The SMILES string of the molecule is O=C1[C@@H]2[C@H](C(=O)N1c1ccc(-c3ccnc(-c4ccc(N5C(=O)[C@@H]6[C@H](C5=O)[C@@H]5C=C[C@H]6C5)cc4)n3)cc1)[C@@H]1C=C[C@H]2C1. The van der Waals surface area contributed by atoms with Crippen molar-refractivity contribution in [3.63, 3.8) is 0 Å². The smallest absolute Gasteiger partial charge is 0.238 e. The fourth-order valence-corrected chi connectivity index (χ4v) is 8.51. The van der Waals surface area contributed by atoms with Crippen LogP contribution in [0.2, 0.25) is 0 Å². The van der Waals surface area contributed by atoms with Gasteiger partial charge in [0, 0.05) is 17.3 Å². The topological polar surface area (TPSA) is 101 Å². The summed E-state index contributed by atoms with van der Waals surface area (Å²) in [4.78, 5) is 64.6. The van der Waals surface area contributed by atoms with Crippen LogP contribution < -0.4 is 9.80 Å². The molecule has 8 heteroatoms. The van der Waals surface area contributed by atoms with Crippen molar-refractivity contribution in [2.75, 3.05) is 9.80 Å². The molecule has 9 rings (SSSR count). The fourth-order valence-electron chi connectivity index (χ4n) is 8.51. The minimum absolute atomic E-state index is 0.0908. The molecule has 6 aliphatic rings. The van der Waals surface area contributed by atoms with Crippen molar-refractivity contribution in [1.29, 1.82) is 0 Å². The van der Waals surface area contributed by atoms with Gasteiger partial charge in [0.1, 0.15) is 0 Å². The van der Waals surface area contributed by atoms with E-state index < -0.39 is 0 Å². The number of hydrogen-bond acceptors (Lipinski definition) is 6. The number of fused-ring (bicyclic) bond motifs is 10. The van der Waals surface area contributed by atoms with Crippen LogP contribution in [0.5, 0.6) is 0 Å². The van der Waals surface area contributed by atoms with Gasteiger partial charge >= 0.3 is 0 Å². The lowest BCUT2D eigenvalue weighted by Gasteiger charge is -2.18. The standard InChI is InChI=1S/C34H26N4O4/c39-31-26-19-1-2-20(15-19)27(26)32(40)37(31)23-9-5-17(6-10-23)25-13-14-35-30(36-25)18-7-11-24(12-8-18)38-33(41)28-21-3-4-22(16-21)29(28)34(38)42/h1-14,19-22,26-29H,15-16H2/t19-,20+,21-,22+,26-,27+,28-,29+. The Morgan fingerprint density at radius 2 is 0.929 bits per heavy atom. The van der Waals surface area contributed by atoms with Crippen LogP contribution in [0.4, 0.5) is 11.4 Å². The van der Waals surface area contributed by atoms with Crippen molar-refractivity contribution in [2.45, 2.75) is 12.8 Å². The summed E-state index contributed by atoms with van der Waals surface area (Å²) in [6, 6.07) is 16.4. The number of amides is 4. The van der Waals surface area contributed by atoms with E-state index >= 15 is 0 Å². The highest BCUT2D eigenvalue weighted by molar-refractivity contribution is 6.23. The number of allylic oxidation sites excluding steroid dienone is 4. The number of rotatable bonds is 4. The first-order chi connectivity index (χ1) is 20.5. The third-order valence-electron chi connectivity index (χ3n) is 10.4. The van der Waals surface area contributed by atoms with Gasteiger partial charge in [0.05, 0.1) is 40.7 Å². The zero-order valence-electron chi connectivity index (χ0n) is 22.5. The van der Waals surface area contributed by atoms with Crippen LogP contribution >= 0.6 is 0 Å². The second kappa shape index (κ2) is 8.41. The summed E-state index contributed by atoms with van der Waals surface area (Å²) in [5, 5.41) is 0. The van der Waals surface area contributed by atoms with Crippen molar-refractivity contribution >= 4 is 35.0 Å². The molecule has 0 spiro atoms. The Kier molecular flexibility index (Phi) is 4.79. The fraction of sp³-hybridized carbons (Fsp3) is 0.294. The molecular formula is C34H26N4O4. The van der Waals surface area contributed by atoms with E-state index in [2.05, 4.69) is 29.3 Å². The molecule has 206 valence electrons. The van der Waals surface area contributed by atoms with E-state index in [1.807, 2.05) is 30.3 Å². The molecule has 8 nitrogen and oxygen atoms in total. The summed E-state index contributed by atoms with van der Waals surface area (Å²) in [6.07, 6.45) is 11.9. The Hall–Kier alpha value is -4.72. The molecule has 0 radical (unpaired) electrons. The third-order valence-corrected chi connectivity index (χ3v) is 10.4. The number of imide groups is 2. The number of carbonyl (C=O) groups is 4. The predicted molar refractivity (Wildman–Crippen MR) is 153 cm³/mol. The van der Waals surface area contributed by atoms with Gasteiger partial charge in [-0.3, -0.25) is 29.0 Å². The molecule has 2 saturated heterocycles. The van der Waals surface area contributed by atoms with E-state index in [0.717, 1.165) is 24.0 Å². The molecule has 1 aromatic heterocycles. The largest absolute Gasteiger partial charge is 0.274 e. The van der Waals surface area contributed by atoms with Gasteiger partial charge in [-0.2, -0.15) is 0 Å². The van der Waals surface area contributed by atoms with E-state index in [-0.39, 0.29) is 71.0 Å². The summed E-state index contributed by atoms with van der Waals surface area (Å²) in [7, 11) is 0. The zero-order chi connectivity index (χ0) is 28.3. The van der Waals surface area contributed by atoms with Crippen LogP contribution in [0.25, 0.3) is 22.6 Å². The van der Waals surface area contributed by atoms with Crippen LogP contribution in [0, 0.1) is 47.3 Å². The van der Waals surface area contributed by atoms with Crippen LogP contribution in [-0.2, 0) is 19.2 Å². The Morgan fingerprint density at radius 1 is 0.524 bits per heavy atom. The highest BCUT2D eigenvalue weighted by Gasteiger charge is 2.60. The summed E-state index contributed by atoms with van der Waals surface area (Å²) in [6.45, 7) is 0. The molecule has 3 heterocycles. The molecule has 2 saturated carbocycles.